The van der Waals surface area contributed by atoms with Gasteiger partial charge in [0, 0.05) is 18.5 Å². The lowest BCUT2D eigenvalue weighted by Crippen LogP contribution is -2.22. The molecule has 0 fully saturated rings. The summed E-state index contributed by atoms with van der Waals surface area (Å²) in [6.45, 7) is 6.40. The van der Waals surface area contributed by atoms with Gasteiger partial charge in [0.15, 0.2) is 0 Å². The fourth-order valence-electron chi connectivity index (χ4n) is 3.00. The summed E-state index contributed by atoms with van der Waals surface area (Å²) >= 11 is 0. The molecule has 3 aromatic rings. The third-order valence-electron chi connectivity index (χ3n) is 4.39. The van der Waals surface area contributed by atoms with Crippen LogP contribution in [0.3, 0.4) is 0 Å². The predicted molar refractivity (Wildman–Crippen MR) is 107 cm³/mol. The fraction of sp³-hybridized carbons (Fsp3) is 0.273. The van der Waals surface area contributed by atoms with Crippen molar-refractivity contribution in [2.24, 2.45) is 0 Å². The molecule has 0 spiro atoms. The maximum absolute atomic E-state index is 13.3. The molecule has 1 amide bonds. The molecule has 5 nitrogen and oxygen atoms in total. The molecule has 0 atom stereocenters. The molecule has 1 heterocycles. The van der Waals surface area contributed by atoms with E-state index in [9.17, 15) is 9.18 Å². The van der Waals surface area contributed by atoms with Gasteiger partial charge in [0.25, 0.3) is 0 Å². The van der Waals surface area contributed by atoms with Gasteiger partial charge in [-0.1, -0.05) is 12.1 Å². The van der Waals surface area contributed by atoms with Crippen LogP contribution < -0.4 is 10.1 Å². The summed E-state index contributed by atoms with van der Waals surface area (Å²) in [4.78, 5) is 11.9. The second kappa shape index (κ2) is 8.69. The minimum absolute atomic E-state index is 0.0158. The zero-order chi connectivity index (χ0) is 20.1. The number of hydrogen-bond donors (Lipinski definition) is 1. The molecule has 0 unspecified atom stereocenters. The number of hydrogen-bond acceptors (Lipinski definition) is 3. The molecule has 1 N–H and O–H groups in total. The Bertz CT molecular complexity index is 964. The van der Waals surface area contributed by atoms with E-state index in [4.69, 9.17) is 4.74 Å². The number of carbonyl (C=O) groups is 1. The Balaban J connectivity index is 2.00. The molecule has 3 rings (SSSR count). The predicted octanol–water partition coefficient (Wildman–Crippen LogP) is 4.49. The van der Waals surface area contributed by atoms with E-state index >= 15 is 0 Å². The summed E-state index contributed by atoms with van der Waals surface area (Å²) in [6, 6.07) is 13.8. The average molecular weight is 381 g/mol. The number of carbonyl (C=O) groups excluding carboxylic acids is 1. The molecule has 146 valence electrons. The first kappa shape index (κ1) is 19.6. The number of nitrogens with one attached hydrogen (secondary N) is 1. The van der Waals surface area contributed by atoms with E-state index in [0.717, 1.165) is 22.5 Å². The van der Waals surface area contributed by atoms with E-state index in [-0.39, 0.29) is 11.7 Å². The molecule has 0 aliphatic heterocycles. The number of halogens is 1. The Hall–Kier alpha value is -3.15. The number of amides is 1. The third kappa shape index (κ3) is 4.57. The second-order valence-corrected chi connectivity index (χ2v) is 6.63. The molecule has 0 saturated heterocycles. The quantitative estimate of drug-likeness (QED) is 0.656. The first-order valence-electron chi connectivity index (χ1n) is 9.33. The number of benzene rings is 2. The van der Waals surface area contributed by atoms with Gasteiger partial charge in [0.2, 0.25) is 11.8 Å². The first-order valence-corrected chi connectivity index (χ1v) is 9.33. The Labute approximate surface area is 164 Å². The van der Waals surface area contributed by atoms with Crippen LogP contribution in [0.2, 0.25) is 0 Å². The van der Waals surface area contributed by atoms with E-state index in [1.165, 1.54) is 12.1 Å². The van der Waals surface area contributed by atoms with Gasteiger partial charge < -0.3 is 10.1 Å². The van der Waals surface area contributed by atoms with Crippen molar-refractivity contribution in [2.45, 2.75) is 33.6 Å². The van der Waals surface area contributed by atoms with Crippen molar-refractivity contribution in [1.29, 1.82) is 0 Å². The van der Waals surface area contributed by atoms with Crippen molar-refractivity contribution in [3.63, 3.8) is 0 Å². The number of aryl methyl sites for hydroxylation is 2. The molecule has 0 aliphatic carbocycles. The van der Waals surface area contributed by atoms with E-state index in [1.807, 2.05) is 45.0 Å². The van der Waals surface area contributed by atoms with Crippen molar-refractivity contribution in [3.8, 4) is 17.3 Å². The minimum atomic E-state index is -0.327. The normalized spacial score (nSPS) is 10.7. The minimum Gasteiger partial charge on any atom is -0.439 e. The van der Waals surface area contributed by atoms with Crippen molar-refractivity contribution in [3.05, 3.63) is 71.2 Å². The molecule has 2 aromatic carbocycles. The largest absolute Gasteiger partial charge is 0.439 e. The zero-order valence-electron chi connectivity index (χ0n) is 16.3. The Morgan fingerprint density at radius 1 is 1.18 bits per heavy atom. The highest BCUT2D eigenvalue weighted by molar-refractivity contribution is 5.76. The number of ether oxygens (including phenoxy) is 1. The summed E-state index contributed by atoms with van der Waals surface area (Å²) in [6.07, 6.45) is 0.841. The van der Waals surface area contributed by atoms with Crippen molar-refractivity contribution in [2.75, 3.05) is 6.54 Å². The summed E-state index contributed by atoms with van der Waals surface area (Å²) < 4.78 is 21.1. The maximum Gasteiger partial charge on any atom is 0.226 e. The monoisotopic (exact) mass is 381 g/mol. The molecule has 0 radical (unpaired) electrons. The van der Waals surface area contributed by atoms with Crippen LogP contribution in [0.1, 0.15) is 30.2 Å². The van der Waals surface area contributed by atoms with Crippen LogP contribution >= 0.6 is 0 Å². The van der Waals surface area contributed by atoms with Crippen LogP contribution in [0, 0.1) is 19.7 Å². The molecule has 0 aliphatic rings. The van der Waals surface area contributed by atoms with Gasteiger partial charge >= 0.3 is 0 Å². The summed E-state index contributed by atoms with van der Waals surface area (Å²) in [5, 5.41) is 7.45. The van der Waals surface area contributed by atoms with Crippen LogP contribution in [0.25, 0.3) is 5.69 Å². The Morgan fingerprint density at radius 3 is 2.61 bits per heavy atom. The van der Waals surface area contributed by atoms with Gasteiger partial charge in [-0.2, -0.15) is 5.10 Å². The van der Waals surface area contributed by atoms with Gasteiger partial charge in [-0.15, -0.1) is 0 Å². The lowest BCUT2D eigenvalue weighted by Gasteiger charge is -2.12. The van der Waals surface area contributed by atoms with Crippen molar-refractivity contribution >= 4 is 5.91 Å². The molecule has 28 heavy (non-hydrogen) atoms. The summed E-state index contributed by atoms with van der Waals surface area (Å²) in [5.41, 5.74) is 3.62. The lowest BCUT2D eigenvalue weighted by molar-refractivity contribution is -0.120. The fourth-order valence-corrected chi connectivity index (χ4v) is 3.00. The third-order valence-corrected chi connectivity index (χ3v) is 4.39. The highest BCUT2D eigenvalue weighted by Gasteiger charge is 2.20. The molecular weight excluding hydrogens is 357 g/mol. The highest BCUT2D eigenvalue weighted by Crippen LogP contribution is 2.31. The molecule has 6 heteroatoms. The molecule has 1 aromatic heterocycles. The Kier molecular flexibility index (Phi) is 6.09. The standard InChI is InChI=1S/C22H24FN3O2/c1-4-24-21(27)13-12-20-16(3)25-26(18-7-5-6-15(2)14-18)22(20)28-19-10-8-17(23)9-11-19/h5-11,14H,4,12-13H2,1-3H3,(H,24,27). The number of nitrogens with zero attached hydrogens (tertiary/aromatic N) is 2. The SMILES string of the molecule is CCNC(=O)CCc1c(C)nn(-c2cccc(C)c2)c1Oc1ccc(F)cc1. The topological polar surface area (TPSA) is 56.2 Å². The molecular formula is C22H24FN3O2. The van der Waals surface area contributed by atoms with Gasteiger partial charge in [-0.25, -0.2) is 9.07 Å². The van der Waals surface area contributed by atoms with Crippen LogP contribution in [0.4, 0.5) is 4.39 Å². The van der Waals surface area contributed by atoms with Crippen molar-refractivity contribution in [1.82, 2.24) is 15.1 Å². The molecule has 0 saturated carbocycles. The van der Waals surface area contributed by atoms with Crippen LogP contribution in [-0.2, 0) is 11.2 Å². The smallest absolute Gasteiger partial charge is 0.226 e. The van der Waals surface area contributed by atoms with Crippen molar-refractivity contribution < 1.29 is 13.9 Å². The maximum atomic E-state index is 13.3. The average Bonchev–Trinajstić information content (AvgIpc) is 2.97. The van der Waals surface area contributed by atoms with Gasteiger partial charge in [-0.3, -0.25) is 4.79 Å². The number of aromatic nitrogens is 2. The second-order valence-electron chi connectivity index (χ2n) is 6.63. The van der Waals surface area contributed by atoms with Gasteiger partial charge in [0.05, 0.1) is 11.4 Å². The first-order chi connectivity index (χ1) is 13.5. The number of rotatable bonds is 7. The van der Waals surface area contributed by atoms with E-state index < -0.39 is 0 Å². The van der Waals surface area contributed by atoms with Crippen LogP contribution in [-0.4, -0.2) is 22.2 Å². The van der Waals surface area contributed by atoms with Crippen LogP contribution in [0.15, 0.2) is 48.5 Å². The summed E-state index contributed by atoms with van der Waals surface area (Å²) in [5.74, 6) is 0.707. The van der Waals surface area contributed by atoms with E-state index in [2.05, 4.69) is 10.4 Å². The Morgan fingerprint density at radius 2 is 1.93 bits per heavy atom. The van der Waals surface area contributed by atoms with E-state index in [1.54, 1.807) is 16.8 Å². The highest BCUT2D eigenvalue weighted by atomic mass is 19.1. The van der Waals surface area contributed by atoms with Crippen LogP contribution in [0.5, 0.6) is 11.6 Å². The molecule has 0 bridgehead atoms. The van der Waals surface area contributed by atoms with Gasteiger partial charge in [0.1, 0.15) is 11.6 Å². The zero-order valence-corrected chi connectivity index (χ0v) is 16.3. The van der Waals surface area contributed by atoms with E-state index in [0.29, 0.717) is 31.0 Å². The van der Waals surface area contributed by atoms with Gasteiger partial charge in [-0.05, 0) is 69.2 Å². The summed E-state index contributed by atoms with van der Waals surface area (Å²) in [7, 11) is 0. The lowest BCUT2D eigenvalue weighted by atomic mass is 10.1.